The Hall–Kier alpha value is -2.28. The molecule has 0 unspecified atom stereocenters. The lowest BCUT2D eigenvalue weighted by molar-refractivity contribution is -0.167. The normalized spacial score (nSPS) is 25.1. The van der Waals surface area contributed by atoms with Crippen LogP contribution in [0.1, 0.15) is 31.2 Å². The molecule has 148 valence electrons. The Balaban J connectivity index is 1.73. The number of carbonyl (C=O) groups excluding carboxylic acids is 1. The van der Waals surface area contributed by atoms with Crippen LogP contribution >= 0.6 is 0 Å². The van der Waals surface area contributed by atoms with Gasteiger partial charge in [-0.3, -0.25) is 9.59 Å². The van der Waals surface area contributed by atoms with E-state index >= 15 is 0 Å². The second-order valence-electron chi connectivity index (χ2n) is 7.59. The number of methoxy groups -OCH3 is 2. The first kappa shape index (κ1) is 19.5. The molecule has 1 aromatic rings. The monoisotopic (exact) mass is 377 g/mol. The van der Waals surface area contributed by atoms with Gasteiger partial charge in [0.1, 0.15) is 5.41 Å². The van der Waals surface area contributed by atoms with Gasteiger partial charge in [0.2, 0.25) is 5.91 Å². The van der Waals surface area contributed by atoms with Crippen molar-refractivity contribution >= 4 is 11.9 Å². The second-order valence-corrected chi connectivity index (χ2v) is 7.59. The van der Waals surface area contributed by atoms with Crippen LogP contribution in [0.2, 0.25) is 0 Å². The first-order valence-electron chi connectivity index (χ1n) is 9.29. The summed E-state index contributed by atoms with van der Waals surface area (Å²) in [6, 6.07) is 5.30. The predicted molar refractivity (Wildman–Crippen MR) is 97.9 cm³/mol. The zero-order chi connectivity index (χ0) is 19.6. The van der Waals surface area contributed by atoms with E-state index in [0.29, 0.717) is 30.4 Å². The van der Waals surface area contributed by atoms with Crippen molar-refractivity contribution in [3.8, 4) is 11.5 Å². The van der Waals surface area contributed by atoms with Crippen molar-refractivity contribution in [1.29, 1.82) is 0 Å². The average molecular weight is 377 g/mol. The highest BCUT2D eigenvalue weighted by Crippen LogP contribution is 2.45. The Bertz CT molecular complexity index is 716. The summed E-state index contributed by atoms with van der Waals surface area (Å²) in [6.45, 7) is 0.430. The molecule has 0 radical (unpaired) electrons. The fraction of sp³-hybridized carbons (Fsp3) is 0.600. The molecule has 1 aromatic carbocycles. The minimum absolute atomic E-state index is 0.0616. The lowest BCUT2D eigenvalue weighted by Gasteiger charge is -2.43. The first-order valence-corrected chi connectivity index (χ1v) is 9.29. The van der Waals surface area contributed by atoms with Crippen LogP contribution in [0.5, 0.6) is 11.5 Å². The molecule has 2 aliphatic rings. The Labute approximate surface area is 158 Å². The molecule has 0 spiro atoms. The van der Waals surface area contributed by atoms with E-state index in [-0.39, 0.29) is 25.3 Å². The van der Waals surface area contributed by atoms with Crippen molar-refractivity contribution in [3.63, 3.8) is 0 Å². The highest BCUT2D eigenvalue weighted by atomic mass is 16.5. The summed E-state index contributed by atoms with van der Waals surface area (Å²) >= 11 is 0. The number of carbonyl (C=O) groups is 2. The number of aliphatic hydroxyl groups is 1. The van der Waals surface area contributed by atoms with Gasteiger partial charge in [0.15, 0.2) is 11.5 Å². The van der Waals surface area contributed by atoms with Crippen LogP contribution in [-0.2, 0) is 16.0 Å². The van der Waals surface area contributed by atoms with E-state index in [4.69, 9.17) is 9.47 Å². The van der Waals surface area contributed by atoms with E-state index in [1.807, 2.05) is 0 Å². The molecule has 1 aliphatic carbocycles. The molecule has 1 saturated carbocycles. The van der Waals surface area contributed by atoms with Crippen LogP contribution in [0.3, 0.4) is 0 Å². The van der Waals surface area contributed by atoms with Crippen molar-refractivity contribution in [2.75, 3.05) is 27.3 Å². The van der Waals surface area contributed by atoms with E-state index in [1.54, 1.807) is 30.2 Å². The maximum Gasteiger partial charge on any atom is 0.314 e. The van der Waals surface area contributed by atoms with Crippen LogP contribution in [0.4, 0.5) is 0 Å². The molecule has 7 nitrogen and oxygen atoms in total. The molecule has 1 amide bonds. The van der Waals surface area contributed by atoms with E-state index in [1.165, 1.54) is 7.11 Å². The number of aliphatic carboxylic acids is 1. The van der Waals surface area contributed by atoms with Crippen molar-refractivity contribution in [3.05, 3.63) is 23.8 Å². The number of aliphatic hydroxyl groups excluding tert-OH is 1. The van der Waals surface area contributed by atoms with Crippen molar-refractivity contribution in [2.45, 2.75) is 38.2 Å². The van der Waals surface area contributed by atoms with E-state index in [9.17, 15) is 19.8 Å². The number of carboxylic acid groups (broad SMARTS) is 1. The lowest BCUT2D eigenvalue weighted by Crippen LogP contribution is -2.57. The predicted octanol–water partition coefficient (Wildman–Crippen LogP) is 1.71. The van der Waals surface area contributed by atoms with Crippen LogP contribution in [0.15, 0.2) is 18.2 Å². The topological polar surface area (TPSA) is 96.3 Å². The molecule has 2 atom stereocenters. The fourth-order valence-corrected chi connectivity index (χ4v) is 3.90. The average Bonchev–Trinajstić information content (AvgIpc) is 3.47. The first-order chi connectivity index (χ1) is 12.9. The molecule has 2 fully saturated rings. The summed E-state index contributed by atoms with van der Waals surface area (Å²) < 4.78 is 10.5. The smallest absolute Gasteiger partial charge is 0.314 e. The zero-order valence-electron chi connectivity index (χ0n) is 15.8. The van der Waals surface area contributed by atoms with Crippen molar-refractivity contribution in [2.24, 2.45) is 11.3 Å². The van der Waals surface area contributed by atoms with Gasteiger partial charge >= 0.3 is 5.97 Å². The van der Waals surface area contributed by atoms with E-state index in [0.717, 1.165) is 18.4 Å². The molecular formula is C20H27NO6. The quantitative estimate of drug-likeness (QED) is 0.751. The number of ether oxygens (including phenoxy) is 2. The number of carboxylic acids is 1. The number of amides is 1. The third kappa shape index (κ3) is 4.03. The molecule has 3 rings (SSSR count). The number of piperidine rings is 1. The van der Waals surface area contributed by atoms with Crippen LogP contribution in [-0.4, -0.2) is 60.4 Å². The summed E-state index contributed by atoms with van der Waals surface area (Å²) in [5.74, 6) is 0.326. The second kappa shape index (κ2) is 7.76. The standard InChI is InChI=1S/C20H27NO6/c1-26-15-6-5-14(9-16(15)27-2)10-18(23)21-8-7-17(22)20(12-21,19(24)25)11-13-3-4-13/h5-6,9,13,17,22H,3-4,7-8,10-12H2,1-2H3,(H,24,25)/t17-,20-/m1/s1. The Morgan fingerprint density at radius 3 is 2.48 bits per heavy atom. The SMILES string of the molecule is COc1ccc(CC(=O)N2CC[C@@H](O)[C@](CC3CC3)(C(=O)O)C2)cc1OC. The van der Waals surface area contributed by atoms with Crippen LogP contribution in [0, 0.1) is 11.3 Å². The molecular weight excluding hydrogens is 350 g/mol. The maximum atomic E-state index is 12.8. The molecule has 2 N–H and O–H groups in total. The number of likely N-dealkylation sites (tertiary alicyclic amines) is 1. The number of hydrogen-bond acceptors (Lipinski definition) is 5. The van der Waals surface area contributed by atoms with Gasteiger partial charge < -0.3 is 24.6 Å². The molecule has 27 heavy (non-hydrogen) atoms. The highest BCUT2D eigenvalue weighted by Gasteiger charge is 2.52. The highest BCUT2D eigenvalue weighted by molar-refractivity contribution is 5.82. The van der Waals surface area contributed by atoms with Crippen molar-refractivity contribution in [1.82, 2.24) is 4.90 Å². The summed E-state index contributed by atoms with van der Waals surface area (Å²) in [5.41, 5.74) is -0.487. The van der Waals surface area contributed by atoms with Gasteiger partial charge in [0.05, 0.1) is 26.7 Å². The molecule has 1 saturated heterocycles. The lowest BCUT2D eigenvalue weighted by atomic mass is 9.73. The summed E-state index contributed by atoms with van der Waals surface area (Å²) in [6.07, 6.45) is 1.96. The zero-order valence-corrected chi connectivity index (χ0v) is 15.8. The van der Waals surface area contributed by atoms with Gasteiger partial charge in [0, 0.05) is 13.1 Å². The Morgan fingerprint density at radius 2 is 1.89 bits per heavy atom. The molecule has 0 bridgehead atoms. The van der Waals surface area contributed by atoms with E-state index < -0.39 is 17.5 Å². The fourth-order valence-electron chi connectivity index (χ4n) is 3.90. The van der Waals surface area contributed by atoms with Gasteiger partial charge in [-0.2, -0.15) is 0 Å². The Kier molecular flexibility index (Phi) is 5.60. The third-order valence-corrected chi connectivity index (χ3v) is 5.72. The van der Waals surface area contributed by atoms with Gasteiger partial charge in [-0.15, -0.1) is 0 Å². The van der Waals surface area contributed by atoms with Crippen molar-refractivity contribution < 1.29 is 29.3 Å². The van der Waals surface area contributed by atoms with Gasteiger partial charge in [-0.05, 0) is 36.5 Å². The van der Waals surface area contributed by atoms with Gasteiger partial charge in [0.25, 0.3) is 0 Å². The summed E-state index contributed by atoms with van der Waals surface area (Å²) in [4.78, 5) is 26.4. The van der Waals surface area contributed by atoms with Crippen LogP contribution < -0.4 is 9.47 Å². The van der Waals surface area contributed by atoms with E-state index in [2.05, 4.69) is 0 Å². The minimum atomic E-state index is -1.26. The summed E-state index contributed by atoms with van der Waals surface area (Å²) in [7, 11) is 3.08. The molecule has 0 aromatic heterocycles. The minimum Gasteiger partial charge on any atom is -0.493 e. The maximum absolute atomic E-state index is 12.8. The van der Waals surface area contributed by atoms with Crippen LogP contribution in [0.25, 0.3) is 0 Å². The number of benzene rings is 1. The van der Waals surface area contributed by atoms with Gasteiger partial charge in [-0.25, -0.2) is 0 Å². The summed E-state index contributed by atoms with van der Waals surface area (Å²) in [5, 5.41) is 20.3. The number of nitrogens with zero attached hydrogens (tertiary/aromatic N) is 1. The molecule has 7 heteroatoms. The number of rotatable bonds is 7. The largest absolute Gasteiger partial charge is 0.493 e. The van der Waals surface area contributed by atoms with Gasteiger partial charge in [-0.1, -0.05) is 18.9 Å². The molecule has 1 aliphatic heterocycles. The third-order valence-electron chi connectivity index (χ3n) is 5.72. The molecule has 1 heterocycles. The Morgan fingerprint density at radius 1 is 1.19 bits per heavy atom. The number of hydrogen-bond donors (Lipinski definition) is 2.